The average molecular weight is 329 g/mol. The van der Waals surface area contributed by atoms with Crippen LogP contribution in [0.5, 0.6) is 0 Å². The normalized spacial score (nSPS) is 12.0. The molecule has 0 bridgehead atoms. The van der Waals surface area contributed by atoms with Gasteiger partial charge < -0.3 is 15.2 Å². The second-order valence-electron chi connectivity index (χ2n) is 4.93. The number of methoxy groups -OCH3 is 1. The van der Waals surface area contributed by atoms with Crippen molar-refractivity contribution in [1.82, 2.24) is 10.3 Å². The highest BCUT2D eigenvalue weighted by Gasteiger charge is 2.23. The molecular formula is C13H19N3O5S. The Morgan fingerprint density at radius 1 is 1.36 bits per heavy atom. The van der Waals surface area contributed by atoms with Gasteiger partial charge in [-0.2, -0.15) is 0 Å². The molecule has 0 fully saturated rings. The number of aliphatic carboxylic acids is 1. The van der Waals surface area contributed by atoms with Crippen LogP contribution in [0.15, 0.2) is 5.38 Å². The zero-order chi connectivity index (χ0) is 16.7. The van der Waals surface area contributed by atoms with Gasteiger partial charge in [0, 0.05) is 12.5 Å². The van der Waals surface area contributed by atoms with Gasteiger partial charge in [0.25, 0.3) is 5.91 Å². The first kappa shape index (κ1) is 18.1. The maximum atomic E-state index is 11.8. The van der Waals surface area contributed by atoms with Crippen molar-refractivity contribution in [2.75, 3.05) is 19.0 Å². The second-order valence-corrected chi connectivity index (χ2v) is 5.79. The molecule has 1 aromatic heterocycles. The second kappa shape index (κ2) is 8.44. The van der Waals surface area contributed by atoms with Crippen LogP contribution >= 0.6 is 11.3 Å². The van der Waals surface area contributed by atoms with Gasteiger partial charge in [-0.25, -0.2) is 9.78 Å². The SMILES string of the molecule is COCC(=O)Nc1nc(CC(=O)NC(C(=O)O)C(C)C)cs1. The summed E-state index contributed by atoms with van der Waals surface area (Å²) in [6.07, 6.45) is -0.0485. The first-order valence-corrected chi connectivity index (χ1v) is 7.46. The summed E-state index contributed by atoms with van der Waals surface area (Å²) < 4.78 is 4.68. The van der Waals surface area contributed by atoms with E-state index in [0.29, 0.717) is 10.8 Å². The van der Waals surface area contributed by atoms with Gasteiger partial charge in [-0.05, 0) is 5.92 Å². The van der Waals surface area contributed by atoms with Crippen molar-refractivity contribution in [3.8, 4) is 0 Å². The lowest BCUT2D eigenvalue weighted by Gasteiger charge is -2.17. The maximum absolute atomic E-state index is 11.8. The van der Waals surface area contributed by atoms with Gasteiger partial charge in [0.1, 0.15) is 12.6 Å². The summed E-state index contributed by atoms with van der Waals surface area (Å²) in [5, 5.41) is 16.0. The molecule has 3 N–H and O–H groups in total. The van der Waals surface area contributed by atoms with E-state index in [4.69, 9.17) is 5.11 Å². The first-order chi connectivity index (χ1) is 10.3. The molecule has 1 aromatic rings. The molecule has 9 heteroatoms. The van der Waals surface area contributed by atoms with Gasteiger partial charge in [0.2, 0.25) is 5.91 Å². The third-order valence-corrected chi connectivity index (χ3v) is 3.47. The van der Waals surface area contributed by atoms with Crippen molar-refractivity contribution < 1.29 is 24.2 Å². The third-order valence-electron chi connectivity index (χ3n) is 2.66. The summed E-state index contributed by atoms with van der Waals surface area (Å²) in [5.41, 5.74) is 0.461. The number of thiazole rings is 1. The molecule has 0 aromatic carbocycles. The van der Waals surface area contributed by atoms with E-state index in [1.54, 1.807) is 19.2 Å². The Labute approximate surface area is 131 Å². The van der Waals surface area contributed by atoms with Crippen LogP contribution in [0.3, 0.4) is 0 Å². The molecule has 0 saturated heterocycles. The number of carbonyl (C=O) groups is 3. The Kier molecular flexibility index (Phi) is 6.93. The number of aromatic nitrogens is 1. The van der Waals surface area contributed by atoms with Gasteiger partial charge >= 0.3 is 5.97 Å². The van der Waals surface area contributed by atoms with E-state index in [1.165, 1.54) is 18.4 Å². The van der Waals surface area contributed by atoms with Gasteiger partial charge in [-0.15, -0.1) is 11.3 Å². The zero-order valence-corrected chi connectivity index (χ0v) is 13.4. The fourth-order valence-electron chi connectivity index (χ4n) is 1.63. The summed E-state index contributed by atoms with van der Waals surface area (Å²) in [6.45, 7) is 3.35. The van der Waals surface area contributed by atoms with Crippen molar-refractivity contribution in [3.63, 3.8) is 0 Å². The molecule has 0 radical (unpaired) electrons. The number of nitrogens with zero attached hydrogens (tertiary/aromatic N) is 1. The van der Waals surface area contributed by atoms with Crippen LogP contribution in [0.2, 0.25) is 0 Å². The number of carboxylic acid groups (broad SMARTS) is 1. The summed E-state index contributed by atoms with van der Waals surface area (Å²) in [4.78, 5) is 38.3. The molecule has 0 aliphatic rings. The highest BCUT2D eigenvalue weighted by atomic mass is 32.1. The zero-order valence-electron chi connectivity index (χ0n) is 12.6. The first-order valence-electron chi connectivity index (χ1n) is 6.58. The predicted molar refractivity (Wildman–Crippen MR) is 80.7 cm³/mol. The quantitative estimate of drug-likeness (QED) is 0.639. The van der Waals surface area contributed by atoms with Gasteiger partial charge in [-0.1, -0.05) is 13.8 Å². The number of carbonyl (C=O) groups excluding carboxylic acids is 2. The number of carboxylic acids is 1. The minimum Gasteiger partial charge on any atom is -0.480 e. The van der Waals surface area contributed by atoms with Crippen LogP contribution in [0, 0.1) is 5.92 Å². The predicted octanol–water partition coefficient (Wildman–Crippen LogP) is 0.496. The van der Waals surface area contributed by atoms with E-state index in [9.17, 15) is 14.4 Å². The van der Waals surface area contributed by atoms with E-state index in [0.717, 1.165) is 0 Å². The minimum atomic E-state index is -1.07. The van der Waals surface area contributed by atoms with Crippen molar-refractivity contribution in [2.45, 2.75) is 26.3 Å². The molecule has 1 rings (SSSR count). The number of amides is 2. The Hall–Kier alpha value is -2.00. The van der Waals surface area contributed by atoms with Crippen molar-refractivity contribution in [1.29, 1.82) is 0 Å². The monoisotopic (exact) mass is 329 g/mol. The summed E-state index contributed by atoms with van der Waals surface area (Å²) in [7, 11) is 1.41. The molecule has 2 amide bonds. The van der Waals surface area contributed by atoms with Gasteiger partial charge in [0.15, 0.2) is 5.13 Å². The van der Waals surface area contributed by atoms with Crippen LogP contribution in [0.1, 0.15) is 19.5 Å². The Morgan fingerprint density at radius 2 is 2.05 bits per heavy atom. The minimum absolute atomic E-state index is 0.0485. The maximum Gasteiger partial charge on any atom is 0.326 e. The number of hydrogen-bond acceptors (Lipinski definition) is 6. The van der Waals surface area contributed by atoms with Crippen LogP contribution in [-0.2, 0) is 25.5 Å². The number of hydrogen-bond donors (Lipinski definition) is 3. The van der Waals surface area contributed by atoms with E-state index >= 15 is 0 Å². The molecule has 0 saturated carbocycles. The molecule has 8 nitrogen and oxygen atoms in total. The average Bonchev–Trinajstić information content (AvgIpc) is 2.82. The highest BCUT2D eigenvalue weighted by Crippen LogP contribution is 2.16. The largest absolute Gasteiger partial charge is 0.480 e. The summed E-state index contributed by atoms with van der Waals surface area (Å²) in [5.74, 6) is -2.06. The Morgan fingerprint density at radius 3 is 2.59 bits per heavy atom. The molecule has 22 heavy (non-hydrogen) atoms. The molecular weight excluding hydrogens is 310 g/mol. The molecule has 0 spiro atoms. The smallest absolute Gasteiger partial charge is 0.326 e. The van der Waals surface area contributed by atoms with Crippen molar-refractivity contribution >= 4 is 34.3 Å². The highest BCUT2D eigenvalue weighted by molar-refractivity contribution is 7.13. The standard InChI is InChI=1S/C13H19N3O5S/c1-7(2)11(12(19)20)15-9(17)4-8-6-22-13(14-8)16-10(18)5-21-3/h6-7,11H,4-5H2,1-3H3,(H,15,17)(H,19,20)(H,14,16,18). The molecule has 1 atom stereocenters. The lowest BCUT2D eigenvalue weighted by molar-refractivity contribution is -0.143. The van der Waals surface area contributed by atoms with Gasteiger partial charge in [-0.3, -0.25) is 14.9 Å². The molecule has 0 aliphatic heterocycles. The fourth-order valence-corrected chi connectivity index (χ4v) is 2.36. The van der Waals surface area contributed by atoms with Crippen molar-refractivity contribution in [3.05, 3.63) is 11.1 Å². The third kappa shape index (κ3) is 5.78. The van der Waals surface area contributed by atoms with Gasteiger partial charge in [0.05, 0.1) is 12.1 Å². The van der Waals surface area contributed by atoms with Crippen LogP contribution in [-0.4, -0.2) is 47.6 Å². The number of anilines is 1. The lowest BCUT2D eigenvalue weighted by Crippen LogP contribution is -2.44. The summed E-state index contributed by atoms with van der Waals surface area (Å²) >= 11 is 1.18. The fraction of sp³-hybridized carbons (Fsp3) is 0.538. The van der Waals surface area contributed by atoms with E-state index < -0.39 is 17.9 Å². The van der Waals surface area contributed by atoms with E-state index in [-0.39, 0.29) is 24.9 Å². The number of nitrogens with one attached hydrogen (secondary N) is 2. The molecule has 1 heterocycles. The Balaban J connectivity index is 2.56. The van der Waals surface area contributed by atoms with E-state index in [2.05, 4.69) is 20.4 Å². The van der Waals surface area contributed by atoms with Crippen molar-refractivity contribution in [2.24, 2.45) is 5.92 Å². The topological polar surface area (TPSA) is 118 Å². The number of rotatable bonds is 8. The molecule has 0 aliphatic carbocycles. The van der Waals surface area contributed by atoms with Crippen LogP contribution in [0.25, 0.3) is 0 Å². The molecule has 1 unspecified atom stereocenters. The lowest BCUT2D eigenvalue weighted by atomic mass is 10.0. The Bertz CT molecular complexity index is 544. The van der Waals surface area contributed by atoms with Crippen LogP contribution < -0.4 is 10.6 Å². The summed E-state index contributed by atoms with van der Waals surface area (Å²) in [6, 6.07) is -0.938. The molecule has 122 valence electrons. The number of ether oxygens (including phenoxy) is 1. The van der Waals surface area contributed by atoms with E-state index in [1.807, 2.05) is 0 Å². The van der Waals surface area contributed by atoms with Crippen LogP contribution in [0.4, 0.5) is 5.13 Å².